The fraction of sp³-hybridized carbons (Fsp3) is 0.688. The van der Waals surface area contributed by atoms with Gasteiger partial charge in [0.05, 0.1) is 5.03 Å². The van der Waals surface area contributed by atoms with E-state index >= 15 is 0 Å². The van der Waals surface area contributed by atoms with E-state index in [1.165, 1.54) is 47.6 Å². The van der Waals surface area contributed by atoms with Crippen LogP contribution in [-0.4, -0.2) is 15.0 Å². The lowest BCUT2D eigenvalue weighted by Crippen LogP contribution is -2.09. The largest absolute Gasteiger partial charge is 0.249 e. The molecular formula is C16H25NS2. The molecule has 1 saturated carbocycles. The molecule has 106 valence electrons. The molecule has 2 rings (SSSR count). The first-order valence-electron chi connectivity index (χ1n) is 7.26. The second-order valence-corrected chi connectivity index (χ2v) is 9.57. The molecule has 0 atom stereocenters. The third-order valence-electron chi connectivity index (χ3n) is 3.29. The lowest BCUT2D eigenvalue weighted by molar-refractivity contribution is 0.515. The molecule has 0 aromatic carbocycles. The highest BCUT2D eigenvalue weighted by Crippen LogP contribution is 2.37. The van der Waals surface area contributed by atoms with Crippen LogP contribution in [-0.2, 0) is 0 Å². The van der Waals surface area contributed by atoms with Crippen molar-refractivity contribution in [2.24, 2.45) is 0 Å². The molecule has 1 aromatic rings. The zero-order valence-electron chi connectivity index (χ0n) is 12.5. The summed E-state index contributed by atoms with van der Waals surface area (Å²) >= 11 is 3.90. The molecule has 0 aliphatic heterocycles. The molecule has 0 unspecified atom stereocenters. The van der Waals surface area contributed by atoms with Crippen LogP contribution >= 0.6 is 23.5 Å². The molecule has 3 heteroatoms. The fourth-order valence-corrected chi connectivity index (χ4v) is 4.63. The van der Waals surface area contributed by atoms with Crippen molar-refractivity contribution in [3.63, 3.8) is 0 Å². The zero-order chi connectivity index (χ0) is 13.9. The van der Waals surface area contributed by atoms with Gasteiger partial charge in [0.1, 0.15) is 0 Å². The number of rotatable bonds is 3. The van der Waals surface area contributed by atoms with Gasteiger partial charge in [0.25, 0.3) is 0 Å². The minimum absolute atomic E-state index is 0.254. The highest BCUT2D eigenvalue weighted by Gasteiger charge is 2.17. The summed E-state index contributed by atoms with van der Waals surface area (Å²) in [4.78, 5) is 5.98. The van der Waals surface area contributed by atoms with Crippen molar-refractivity contribution >= 4 is 23.5 Å². The monoisotopic (exact) mass is 295 g/mol. The standard InChI is InChI=1S/C16H25NS2/c1-12-10-15(18-13-8-6-5-7-9-13)17-11-14(12)19-16(2,3)4/h10-11,13H,5-9H2,1-4H3. The Bertz CT molecular complexity index is 417. The number of aromatic nitrogens is 1. The van der Waals surface area contributed by atoms with Crippen LogP contribution in [0.5, 0.6) is 0 Å². The third-order valence-corrected chi connectivity index (χ3v) is 5.82. The molecule has 1 aliphatic rings. The van der Waals surface area contributed by atoms with Gasteiger partial charge in [-0.2, -0.15) is 0 Å². The molecule has 0 radical (unpaired) electrons. The van der Waals surface area contributed by atoms with Crippen LogP contribution in [0.25, 0.3) is 0 Å². The summed E-state index contributed by atoms with van der Waals surface area (Å²) in [5.74, 6) is 0. The molecule has 1 aromatic heterocycles. The average Bonchev–Trinajstić information content (AvgIpc) is 2.33. The Kier molecular flexibility index (Phi) is 5.24. The molecule has 0 spiro atoms. The molecule has 1 nitrogen and oxygen atoms in total. The average molecular weight is 296 g/mol. The maximum Gasteiger partial charge on any atom is 0.0966 e. The molecule has 1 aliphatic carbocycles. The van der Waals surface area contributed by atoms with Gasteiger partial charge >= 0.3 is 0 Å². The third kappa shape index (κ3) is 5.03. The van der Waals surface area contributed by atoms with Gasteiger partial charge in [-0.15, -0.1) is 23.5 Å². The predicted molar refractivity (Wildman–Crippen MR) is 87.3 cm³/mol. The van der Waals surface area contributed by atoms with Crippen molar-refractivity contribution in [3.05, 3.63) is 17.8 Å². The Labute approximate surface area is 126 Å². The van der Waals surface area contributed by atoms with Crippen LogP contribution in [0.2, 0.25) is 0 Å². The Hall–Kier alpha value is -0.150. The smallest absolute Gasteiger partial charge is 0.0966 e. The lowest BCUT2D eigenvalue weighted by atomic mass is 10.0. The van der Waals surface area contributed by atoms with E-state index in [-0.39, 0.29) is 4.75 Å². The SMILES string of the molecule is Cc1cc(SC2CCCCC2)ncc1SC(C)(C)C. The second kappa shape index (κ2) is 6.53. The molecule has 19 heavy (non-hydrogen) atoms. The predicted octanol–water partition coefficient (Wildman–Crippen LogP) is 5.71. The van der Waals surface area contributed by atoms with Crippen LogP contribution in [0.4, 0.5) is 0 Å². The summed E-state index contributed by atoms with van der Waals surface area (Å²) in [5.41, 5.74) is 1.37. The van der Waals surface area contributed by atoms with E-state index in [1.54, 1.807) is 0 Å². The van der Waals surface area contributed by atoms with Gasteiger partial charge in [0.15, 0.2) is 0 Å². The number of hydrogen-bond acceptors (Lipinski definition) is 3. The quantitative estimate of drug-likeness (QED) is 0.663. The van der Waals surface area contributed by atoms with Crippen molar-refractivity contribution in [1.82, 2.24) is 4.98 Å². The highest BCUT2D eigenvalue weighted by atomic mass is 32.2. The van der Waals surface area contributed by atoms with E-state index in [2.05, 4.69) is 44.9 Å². The first-order valence-corrected chi connectivity index (χ1v) is 8.96. The van der Waals surface area contributed by atoms with E-state index < -0.39 is 0 Å². The lowest BCUT2D eigenvalue weighted by Gasteiger charge is -2.22. The Morgan fingerprint density at radius 3 is 2.42 bits per heavy atom. The minimum atomic E-state index is 0.254. The summed E-state index contributed by atoms with van der Waals surface area (Å²) in [7, 11) is 0. The first-order chi connectivity index (χ1) is 8.94. The Morgan fingerprint density at radius 1 is 1.16 bits per heavy atom. The van der Waals surface area contributed by atoms with Crippen molar-refractivity contribution < 1.29 is 0 Å². The van der Waals surface area contributed by atoms with Gasteiger partial charge in [-0.3, -0.25) is 0 Å². The minimum Gasteiger partial charge on any atom is -0.249 e. The Balaban J connectivity index is 2.01. The summed E-state index contributed by atoms with van der Waals surface area (Å²) < 4.78 is 0.254. The van der Waals surface area contributed by atoms with Crippen LogP contribution < -0.4 is 0 Å². The Morgan fingerprint density at radius 2 is 1.84 bits per heavy atom. The number of thioether (sulfide) groups is 2. The topological polar surface area (TPSA) is 12.9 Å². The molecule has 1 heterocycles. The van der Waals surface area contributed by atoms with Crippen LogP contribution in [0.1, 0.15) is 58.4 Å². The number of nitrogens with zero attached hydrogens (tertiary/aromatic N) is 1. The second-order valence-electron chi connectivity index (χ2n) is 6.38. The maximum atomic E-state index is 4.66. The molecule has 1 fully saturated rings. The van der Waals surface area contributed by atoms with Crippen molar-refractivity contribution in [1.29, 1.82) is 0 Å². The molecule has 0 N–H and O–H groups in total. The number of pyridine rings is 1. The van der Waals surface area contributed by atoms with Gasteiger partial charge in [-0.25, -0.2) is 4.98 Å². The van der Waals surface area contributed by atoms with Gasteiger partial charge in [-0.05, 0) is 31.4 Å². The number of hydrogen-bond donors (Lipinski definition) is 0. The van der Waals surface area contributed by atoms with Gasteiger partial charge in [0, 0.05) is 21.1 Å². The molecule has 0 saturated heterocycles. The van der Waals surface area contributed by atoms with E-state index in [0.29, 0.717) is 0 Å². The van der Waals surface area contributed by atoms with E-state index in [9.17, 15) is 0 Å². The highest BCUT2D eigenvalue weighted by molar-refractivity contribution is 8.00. The summed E-state index contributed by atoms with van der Waals surface area (Å²) in [6.07, 6.45) is 9.01. The van der Waals surface area contributed by atoms with E-state index in [1.807, 2.05) is 23.5 Å². The summed E-state index contributed by atoms with van der Waals surface area (Å²) in [5, 5.41) is 2.00. The first kappa shape index (κ1) is 15.2. The van der Waals surface area contributed by atoms with Crippen molar-refractivity contribution in [2.45, 2.75) is 79.7 Å². The zero-order valence-corrected chi connectivity index (χ0v) is 14.2. The van der Waals surface area contributed by atoms with Crippen molar-refractivity contribution in [3.8, 4) is 0 Å². The van der Waals surface area contributed by atoms with Crippen LogP contribution in [0.15, 0.2) is 22.2 Å². The van der Waals surface area contributed by atoms with Gasteiger partial charge in [-0.1, -0.05) is 40.0 Å². The van der Waals surface area contributed by atoms with E-state index in [0.717, 1.165) is 5.25 Å². The summed E-state index contributed by atoms with van der Waals surface area (Å²) in [6.45, 7) is 8.96. The number of aryl methyl sites for hydroxylation is 1. The van der Waals surface area contributed by atoms with E-state index in [4.69, 9.17) is 0 Å². The molecule has 0 bridgehead atoms. The molecule has 0 amide bonds. The normalized spacial score (nSPS) is 17.7. The van der Waals surface area contributed by atoms with Crippen LogP contribution in [0.3, 0.4) is 0 Å². The fourth-order valence-electron chi connectivity index (χ4n) is 2.37. The van der Waals surface area contributed by atoms with Gasteiger partial charge < -0.3 is 0 Å². The summed E-state index contributed by atoms with van der Waals surface area (Å²) in [6, 6.07) is 2.27. The van der Waals surface area contributed by atoms with Gasteiger partial charge in [0.2, 0.25) is 0 Å². The van der Waals surface area contributed by atoms with Crippen LogP contribution in [0, 0.1) is 6.92 Å². The molecular weight excluding hydrogens is 270 g/mol. The maximum absolute atomic E-state index is 4.66. The van der Waals surface area contributed by atoms with Crippen molar-refractivity contribution in [2.75, 3.05) is 0 Å².